The van der Waals surface area contributed by atoms with Crippen molar-refractivity contribution in [1.29, 1.82) is 0 Å². The van der Waals surface area contributed by atoms with Gasteiger partial charge in [-0.25, -0.2) is 4.98 Å². The van der Waals surface area contributed by atoms with Crippen molar-refractivity contribution in [2.75, 3.05) is 18.4 Å². The first kappa shape index (κ1) is 17.8. The number of nitrogens with zero attached hydrogens (tertiary/aromatic N) is 4. The molecule has 3 aromatic heterocycles. The van der Waals surface area contributed by atoms with Crippen molar-refractivity contribution in [2.45, 2.75) is 38.1 Å². The number of aromatic nitrogens is 3. The number of nitrogens with one attached hydrogen (secondary N) is 1. The summed E-state index contributed by atoms with van der Waals surface area (Å²) in [5.74, 6) is 1.39. The lowest BCUT2D eigenvalue weighted by Crippen LogP contribution is -2.45. The molecule has 3 aromatic rings. The van der Waals surface area contributed by atoms with E-state index in [1.807, 2.05) is 24.1 Å². The molecule has 1 saturated heterocycles. The molecule has 4 heterocycles. The van der Waals surface area contributed by atoms with Crippen LogP contribution < -0.4 is 5.32 Å². The van der Waals surface area contributed by atoms with Crippen LogP contribution in [-0.4, -0.2) is 39.0 Å². The van der Waals surface area contributed by atoms with Gasteiger partial charge in [0, 0.05) is 41.6 Å². The molecule has 1 aliphatic heterocycles. The maximum atomic E-state index is 4.57. The molecule has 2 fully saturated rings. The van der Waals surface area contributed by atoms with Crippen molar-refractivity contribution in [1.82, 2.24) is 19.9 Å². The number of allylic oxidation sites excluding steroid dienone is 1. The van der Waals surface area contributed by atoms with Crippen LogP contribution in [0.3, 0.4) is 0 Å². The molecule has 1 aliphatic carbocycles. The van der Waals surface area contributed by atoms with Crippen molar-refractivity contribution < 1.29 is 0 Å². The van der Waals surface area contributed by atoms with Gasteiger partial charge in [-0.2, -0.15) is 0 Å². The van der Waals surface area contributed by atoms with Crippen molar-refractivity contribution in [2.24, 2.45) is 5.92 Å². The molecular formula is C22H25N5S. The highest BCUT2D eigenvalue weighted by Gasteiger charge is 2.29. The number of fused-ring (bicyclic) bond motifs is 1. The number of piperidine rings is 1. The van der Waals surface area contributed by atoms with Gasteiger partial charge in [0.1, 0.15) is 5.82 Å². The highest BCUT2D eigenvalue weighted by molar-refractivity contribution is 7.13. The predicted octanol–water partition coefficient (Wildman–Crippen LogP) is 4.94. The van der Waals surface area contributed by atoms with Crippen LogP contribution in [0.5, 0.6) is 0 Å². The molecule has 0 unspecified atom stereocenters. The van der Waals surface area contributed by atoms with Crippen LogP contribution in [-0.2, 0) is 0 Å². The summed E-state index contributed by atoms with van der Waals surface area (Å²) in [6.45, 7) is 6.73. The Morgan fingerprint density at radius 1 is 1.04 bits per heavy atom. The van der Waals surface area contributed by atoms with Crippen molar-refractivity contribution in [3.8, 4) is 10.6 Å². The van der Waals surface area contributed by atoms with Gasteiger partial charge in [-0.15, -0.1) is 11.3 Å². The third kappa shape index (κ3) is 3.54. The molecule has 1 saturated carbocycles. The Labute approximate surface area is 169 Å². The van der Waals surface area contributed by atoms with Gasteiger partial charge in [-0.3, -0.25) is 9.97 Å². The van der Waals surface area contributed by atoms with Gasteiger partial charge >= 0.3 is 0 Å². The Morgan fingerprint density at radius 2 is 1.86 bits per heavy atom. The molecule has 0 radical (unpaired) electrons. The topological polar surface area (TPSA) is 53.9 Å². The molecule has 1 N–H and O–H groups in total. The molecule has 2 aliphatic rings. The van der Waals surface area contributed by atoms with Crippen LogP contribution >= 0.6 is 11.3 Å². The molecule has 0 aromatic carbocycles. The summed E-state index contributed by atoms with van der Waals surface area (Å²) in [6, 6.07) is 5.05. The molecule has 144 valence electrons. The van der Waals surface area contributed by atoms with Crippen LogP contribution in [0.1, 0.15) is 32.1 Å². The minimum absolute atomic E-state index is 0.527. The minimum Gasteiger partial charge on any atom is -0.344 e. The van der Waals surface area contributed by atoms with E-state index < -0.39 is 0 Å². The number of rotatable bonds is 5. The number of anilines is 1. The molecule has 28 heavy (non-hydrogen) atoms. The van der Waals surface area contributed by atoms with Crippen LogP contribution in [0.25, 0.3) is 21.3 Å². The van der Waals surface area contributed by atoms with Gasteiger partial charge in [0.05, 0.1) is 16.1 Å². The normalized spacial score (nSPS) is 18.9. The average molecular weight is 392 g/mol. The van der Waals surface area contributed by atoms with E-state index in [2.05, 4.69) is 43.9 Å². The fraction of sp³-hybridized carbons (Fsp3) is 0.409. The molecule has 0 bridgehead atoms. The Hall–Kier alpha value is -2.31. The zero-order chi connectivity index (χ0) is 18.9. The second kappa shape index (κ2) is 7.60. The van der Waals surface area contributed by atoms with E-state index in [1.54, 1.807) is 11.3 Å². The predicted molar refractivity (Wildman–Crippen MR) is 115 cm³/mol. The molecule has 6 heteroatoms. The average Bonchev–Trinajstić information content (AvgIpc) is 3.21. The van der Waals surface area contributed by atoms with E-state index in [-0.39, 0.29) is 0 Å². The number of likely N-dealkylation sites (tertiary alicyclic amines) is 1. The summed E-state index contributed by atoms with van der Waals surface area (Å²) < 4.78 is 0. The summed E-state index contributed by atoms with van der Waals surface area (Å²) >= 11 is 1.60. The molecule has 5 rings (SSSR count). The smallest absolute Gasteiger partial charge is 0.130 e. The summed E-state index contributed by atoms with van der Waals surface area (Å²) in [6.07, 6.45) is 12.2. The van der Waals surface area contributed by atoms with E-state index in [9.17, 15) is 0 Å². The highest BCUT2D eigenvalue weighted by atomic mass is 32.1. The molecule has 0 spiro atoms. The molecule has 0 atom stereocenters. The Kier molecular flexibility index (Phi) is 4.82. The van der Waals surface area contributed by atoms with Crippen LogP contribution in [0.4, 0.5) is 5.82 Å². The van der Waals surface area contributed by atoms with Crippen molar-refractivity contribution >= 4 is 27.9 Å². The first-order valence-electron chi connectivity index (χ1n) is 10.1. The quantitative estimate of drug-likeness (QED) is 0.667. The number of hydrogen-bond acceptors (Lipinski definition) is 6. The first-order valence-corrected chi connectivity index (χ1v) is 11.0. The van der Waals surface area contributed by atoms with E-state index in [0.717, 1.165) is 38.9 Å². The van der Waals surface area contributed by atoms with E-state index >= 15 is 0 Å². The molecule has 5 nitrogen and oxygen atoms in total. The second-order valence-corrected chi connectivity index (χ2v) is 8.78. The van der Waals surface area contributed by atoms with Crippen LogP contribution in [0.2, 0.25) is 0 Å². The fourth-order valence-electron chi connectivity index (χ4n) is 4.21. The van der Waals surface area contributed by atoms with Gasteiger partial charge in [-0.05, 0) is 56.3 Å². The van der Waals surface area contributed by atoms with E-state index in [0.29, 0.717) is 5.92 Å². The van der Waals surface area contributed by atoms with Gasteiger partial charge < -0.3 is 10.2 Å². The second-order valence-electron chi connectivity index (χ2n) is 7.90. The van der Waals surface area contributed by atoms with Gasteiger partial charge in [0.15, 0.2) is 0 Å². The molecule has 0 amide bonds. The van der Waals surface area contributed by atoms with E-state index in [1.165, 1.54) is 45.2 Å². The number of pyridine rings is 2. The van der Waals surface area contributed by atoms with Gasteiger partial charge in [-0.1, -0.05) is 13.0 Å². The summed E-state index contributed by atoms with van der Waals surface area (Å²) in [5.41, 5.74) is 3.88. The Bertz CT molecular complexity index is 972. The van der Waals surface area contributed by atoms with Gasteiger partial charge in [0.25, 0.3) is 0 Å². The zero-order valence-corrected chi connectivity index (χ0v) is 16.8. The Morgan fingerprint density at radius 3 is 2.57 bits per heavy atom. The SMILES string of the molecule is C=C(Nc1cc2cc(-c3cncs3)ncc2cn1)C1CCN(C2CCC2)CC1. The molecular weight excluding hydrogens is 366 g/mol. The first-order chi connectivity index (χ1) is 13.8. The summed E-state index contributed by atoms with van der Waals surface area (Å²) in [5, 5.41) is 5.64. The fourth-order valence-corrected chi connectivity index (χ4v) is 4.80. The van der Waals surface area contributed by atoms with Crippen LogP contribution in [0.15, 0.2) is 48.5 Å². The number of hydrogen-bond donors (Lipinski definition) is 1. The standard InChI is InChI=1S/C22H25N5S/c1-15(16-5-7-27(8-6-16)19-3-2-4-19)26-22-10-17-9-20(21-13-23-14-28-21)24-11-18(17)12-25-22/h9-14,16,19H,1-8H2,(H,25,26). The van der Waals surface area contributed by atoms with Crippen molar-refractivity contribution in [3.05, 3.63) is 48.5 Å². The maximum Gasteiger partial charge on any atom is 0.130 e. The van der Waals surface area contributed by atoms with E-state index in [4.69, 9.17) is 0 Å². The van der Waals surface area contributed by atoms with Crippen LogP contribution in [0, 0.1) is 5.92 Å². The lowest BCUT2D eigenvalue weighted by Gasteiger charge is -2.42. The third-order valence-corrected chi connectivity index (χ3v) is 6.99. The lowest BCUT2D eigenvalue weighted by molar-refractivity contribution is 0.0914. The zero-order valence-electron chi connectivity index (χ0n) is 16.0. The maximum absolute atomic E-state index is 4.57. The Balaban J connectivity index is 1.27. The third-order valence-electron chi connectivity index (χ3n) is 6.19. The lowest BCUT2D eigenvalue weighted by atomic mass is 9.87. The minimum atomic E-state index is 0.527. The largest absolute Gasteiger partial charge is 0.344 e. The number of thiazole rings is 1. The summed E-state index contributed by atoms with van der Waals surface area (Å²) in [7, 11) is 0. The van der Waals surface area contributed by atoms with Gasteiger partial charge in [0.2, 0.25) is 0 Å². The monoisotopic (exact) mass is 391 g/mol. The summed E-state index contributed by atoms with van der Waals surface area (Å²) in [4.78, 5) is 17.0. The highest BCUT2D eigenvalue weighted by Crippen LogP contribution is 2.32. The van der Waals surface area contributed by atoms with Crippen molar-refractivity contribution in [3.63, 3.8) is 0 Å².